The van der Waals surface area contributed by atoms with Gasteiger partial charge in [-0.2, -0.15) is 0 Å². The number of anilines is 1. The second-order valence-electron chi connectivity index (χ2n) is 10.6. The lowest BCUT2D eigenvalue weighted by molar-refractivity contribution is -0.120. The molecule has 1 saturated heterocycles. The number of urea groups is 1. The largest absolute Gasteiger partial charge is 0.361 e. The number of carbonyl (C=O) groups excluding carboxylic acids is 2. The summed E-state index contributed by atoms with van der Waals surface area (Å²) in [5, 5.41) is 4.86. The number of piperidine rings is 1. The molecule has 2 aliphatic heterocycles. The molecule has 3 amide bonds. The third-order valence-electron chi connectivity index (χ3n) is 7.98. The maximum absolute atomic E-state index is 14.1. The second kappa shape index (κ2) is 11.6. The first-order valence-electron chi connectivity index (χ1n) is 14.0. The summed E-state index contributed by atoms with van der Waals surface area (Å²) < 4.78 is 0. The van der Waals surface area contributed by atoms with E-state index in [0.29, 0.717) is 31.1 Å². The number of aryl methyl sites for hydroxylation is 1. The molecule has 3 heterocycles. The number of benzene rings is 3. The van der Waals surface area contributed by atoms with Gasteiger partial charge in [-0.05, 0) is 66.6 Å². The van der Waals surface area contributed by atoms with Crippen LogP contribution >= 0.6 is 11.6 Å². The standard InChI is InChI=1S/C33H33ClN4O2/c34-27-12-13-31-25(20-27)9-6-16-38(31)32(39)30(21-26-22-35-29-11-5-4-10-28(26)29)36-33(40)37-17-14-24(15-18-37)19-23-7-2-1-3-8-23/h1-5,7-8,10-13,19-20,22,30,35H,6,9,14-18,21H2,(H,36,40). The number of halogens is 1. The van der Waals surface area contributed by atoms with Crippen molar-refractivity contribution < 1.29 is 9.59 Å². The number of para-hydroxylation sites is 1. The molecule has 1 atom stereocenters. The van der Waals surface area contributed by atoms with Crippen LogP contribution in [-0.4, -0.2) is 47.5 Å². The van der Waals surface area contributed by atoms with E-state index in [1.54, 1.807) is 0 Å². The molecular formula is C33H33ClN4O2. The Labute approximate surface area is 239 Å². The molecular weight excluding hydrogens is 520 g/mol. The summed E-state index contributed by atoms with van der Waals surface area (Å²) in [6.45, 7) is 1.87. The number of hydrogen-bond acceptors (Lipinski definition) is 2. The number of nitrogens with one attached hydrogen (secondary N) is 2. The number of carbonyl (C=O) groups is 2. The van der Waals surface area contributed by atoms with Crippen molar-refractivity contribution in [2.75, 3.05) is 24.5 Å². The lowest BCUT2D eigenvalue weighted by atomic mass is 9.98. The van der Waals surface area contributed by atoms with Crippen LogP contribution < -0.4 is 10.2 Å². The van der Waals surface area contributed by atoms with Crippen molar-refractivity contribution in [3.05, 3.63) is 106 Å². The molecule has 6 nitrogen and oxygen atoms in total. The van der Waals surface area contributed by atoms with Crippen molar-refractivity contribution >= 4 is 46.2 Å². The number of H-pyrrole nitrogens is 1. The monoisotopic (exact) mass is 552 g/mol. The highest BCUT2D eigenvalue weighted by atomic mass is 35.5. The first-order valence-corrected chi connectivity index (χ1v) is 14.4. The number of rotatable bonds is 5. The molecule has 0 saturated carbocycles. The number of amides is 3. The highest BCUT2D eigenvalue weighted by Gasteiger charge is 2.32. The van der Waals surface area contributed by atoms with Crippen molar-refractivity contribution in [3.8, 4) is 0 Å². The third kappa shape index (κ3) is 5.63. The van der Waals surface area contributed by atoms with Gasteiger partial charge in [-0.15, -0.1) is 0 Å². The summed E-state index contributed by atoms with van der Waals surface area (Å²) in [7, 11) is 0. The highest BCUT2D eigenvalue weighted by Crippen LogP contribution is 2.31. The fraction of sp³-hybridized carbons (Fsp3) is 0.273. The molecule has 4 aromatic rings. The minimum absolute atomic E-state index is 0.0939. The lowest BCUT2D eigenvalue weighted by Crippen LogP contribution is -2.54. The first kappa shape index (κ1) is 26.2. The van der Waals surface area contributed by atoms with Crippen molar-refractivity contribution in [1.82, 2.24) is 15.2 Å². The van der Waals surface area contributed by atoms with E-state index in [2.05, 4.69) is 28.5 Å². The molecule has 1 unspecified atom stereocenters. The topological polar surface area (TPSA) is 68.4 Å². The molecule has 2 aliphatic rings. The summed E-state index contributed by atoms with van der Waals surface area (Å²) in [5.74, 6) is -0.0939. The fourth-order valence-electron chi connectivity index (χ4n) is 5.87. The van der Waals surface area contributed by atoms with Crippen LogP contribution in [0.2, 0.25) is 5.02 Å². The van der Waals surface area contributed by atoms with Crippen LogP contribution in [0, 0.1) is 0 Å². The Morgan fingerprint density at radius 1 is 0.950 bits per heavy atom. The van der Waals surface area contributed by atoms with Gasteiger partial charge in [0.15, 0.2) is 0 Å². The number of aromatic nitrogens is 1. The van der Waals surface area contributed by atoms with E-state index in [1.165, 1.54) is 11.1 Å². The van der Waals surface area contributed by atoms with Crippen molar-refractivity contribution in [2.24, 2.45) is 0 Å². The zero-order chi connectivity index (χ0) is 27.5. The lowest BCUT2D eigenvalue weighted by Gasteiger charge is -2.34. The Morgan fingerprint density at radius 3 is 2.55 bits per heavy atom. The minimum atomic E-state index is -0.699. The Morgan fingerprint density at radius 2 is 1.73 bits per heavy atom. The van der Waals surface area contributed by atoms with Crippen LogP contribution in [0.15, 0.2) is 84.6 Å². The van der Waals surface area contributed by atoms with Gasteiger partial charge >= 0.3 is 6.03 Å². The Balaban J connectivity index is 1.21. The van der Waals surface area contributed by atoms with E-state index in [1.807, 2.05) is 76.7 Å². The predicted molar refractivity (Wildman–Crippen MR) is 162 cm³/mol. The van der Waals surface area contributed by atoms with E-state index in [4.69, 9.17) is 11.6 Å². The zero-order valence-electron chi connectivity index (χ0n) is 22.4. The Hall–Kier alpha value is -4.03. The maximum Gasteiger partial charge on any atom is 0.318 e. The average Bonchev–Trinajstić information content (AvgIpc) is 3.39. The summed E-state index contributed by atoms with van der Waals surface area (Å²) in [6.07, 6.45) is 7.96. The van der Waals surface area contributed by atoms with Crippen LogP contribution in [0.5, 0.6) is 0 Å². The Bertz CT molecular complexity index is 1550. The normalized spacial score (nSPS) is 16.0. The summed E-state index contributed by atoms with van der Waals surface area (Å²) in [4.78, 5) is 34.6. The molecule has 1 fully saturated rings. The highest BCUT2D eigenvalue weighted by molar-refractivity contribution is 6.30. The van der Waals surface area contributed by atoms with Gasteiger partial charge in [0.25, 0.3) is 0 Å². The van der Waals surface area contributed by atoms with Gasteiger partial charge in [-0.3, -0.25) is 4.79 Å². The van der Waals surface area contributed by atoms with E-state index in [-0.39, 0.29) is 11.9 Å². The van der Waals surface area contributed by atoms with Gasteiger partial charge in [0.1, 0.15) is 6.04 Å². The molecule has 0 aliphatic carbocycles. The molecule has 204 valence electrons. The first-order chi connectivity index (χ1) is 19.5. The molecule has 0 spiro atoms. The number of hydrogen-bond donors (Lipinski definition) is 2. The van der Waals surface area contributed by atoms with Gasteiger partial charge in [0.05, 0.1) is 0 Å². The van der Waals surface area contributed by atoms with E-state index < -0.39 is 6.04 Å². The zero-order valence-corrected chi connectivity index (χ0v) is 23.2. The van der Waals surface area contributed by atoms with Crippen LogP contribution in [-0.2, 0) is 17.6 Å². The van der Waals surface area contributed by atoms with Gasteiger partial charge in [0.2, 0.25) is 5.91 Å². The molecule has 7 heteroatoms. The smallest absolute Gasteiger partial charge is 0.318 e. The summed E-state index contributed by atoms with van der Waals surface area (Å²) in [5.41, 5.74) is 6.50. The van der Waals surface area contributed by atoms with Gasteiger partial charge in [-0.1, -0.05) is 71.8 Å². The average molecular weight is 553 g/mol. The molecule has 0 radical (unpaired) electrons. The van der Waals surface area contributed by atoms with E-state index in [9.17, 15) is 9.59 Å². The van der Waals surface area contributed by atoms with Crippen LogP contribution in [0.3, 0.4) is 0 Å². The van der Waals surface area contributed by atoms with Crippen molar-refractivity contribution in [3.63, 3.8) is 0 Å². The Kier molecular flexibility index (Phi) is 7.60. The molecule has 6 rings (SSSR count). The van der Waals surface area contributed by atoms with E-state index >= 15 is 0 Å². The van der Waals surface area contributed by atoms with Crippen LogP contribution in [0.1, 0.15) is 36.0 Å². The van der Waals surface area contributed by atoms with Crippen LogP contribution in [0.25, 0.3) is 17.0 Å². The minimum Gasteiger partial charge on any atom is -0.361 e. The number of fused-ring (bicyclic) bond motifs is 2. The van der Waals surface area contributed by atoms with Gasteiger partial charge < -0.3 is 20.1 Å². The maximum atomic E-state index is 14.1. The predicted octanol–water partition coefficient (Wildman–Crippen LogP) is 6.60. The van der Waals surface area contributed by atoms with E-state index in [0.717, 1.165) is 53.4 Å². The summed E-state index contributed by atoms with van der Waals surface area (Å²) in [6, 6.07) is 23.1. The number of nitrogens with zero attached hydrogens (tertiary/aromatic N) is 2. The molecule has 2 N–H and O–H groups in total. The van der Waals surface area contributed by atoms with Gasteiger partial charge in [0, 0.05) is 53.9 Å². The molecule has 40 heavy (non-hydrogen) atoms. The van der Waals surface area contributed by atoms with Crippen LogP contribution in [0.4, 0.5) is 10.5 Å². The molecule has 1 aromatic heterocycles. The third-order valence-corrected chi connectivity index (χ3v) is 8.22. The number of likely N-dealkylation sites (tertiary alicyclic amines) is 1. The van der Waals surface area contributed by atoms with Crippen molar-refractivity contribution in [1.29, 1.82) is 0 Å². The summed E-state index contributed by atoms with van der Waals surface area (Å²) >= 11 is 6.25. The number of aromatic amines is 1. The fourth-order valence-corrected chi connectivity index (χ4v) is 6.06. The second-order valence-corrected chi connectivity index (χ2v) is 11.1. The van der Waals surface area contributed by atoms with Gasteiger partial charge in [-0.25, -0.2) is 4.79 Å². The quantitative estimate of drug-likeness (QED) is 0.293. The SMILES string of the molecule is O=C(NC(Cc1c[nH]c2ccccc12)C(=O)N1CCCc2cc(Cl)ccc21)N1CCC(=Cc2ccccc2)CC1. The van der Waals surface area contributed by atoms with Crippen molar-refractivity contribution in [2.45, 2.75) is 38.1 Å². The molecule has 3 aromatic carbocycles. The molecule has 0 bridgehead atoms.